The van der Waals surface area contributed by atoms with Crippen molar-refractivity contribution in [3.8, 4) is 78.8 Å². The number of benzene rings is 5. The Morgan fingerprint density at radius 3 is 1.44 bits per heavy atom. The molecule has 5 aromatic heterocycles. The molecule has 0 atom stereocenters. The molecular formula is C48H30N6S. The zero-order chi connectivity index (χ0) is 36.6. The van der Waals surface area contributed by atoms with Crippen molar-refractivity contribution in [2.24, 2.45) is 0 Å². The first-order valence-electron chi connectivity index (χ1n) is 18.0. The van der Waals surface area contributed by atoms with E-state index in [4.69, 9.17) is 19.9 Å². The quantitative estimate of drug-likeness (QED) is 0.163. The summed E-state index contributed by atoms with van der Waals surface area (Å²) in [6.45, 7) is 0. The molecule has 0 bridgehead atoms. The van der Waals surface area contributed by atoms with Crippen LogP contribution in [0, 0.1) is 0 Å². The van der Waals surface area contributed by atoms with Crippen LogP contribution in [0.25, 0.3) is 99.1 Å². The Bertz CT molecular complexity index is 2840. The van der Waals surface area contributed by atoms with Crippen LogP contribution >= 0.6 is 11.3 Å². The minimum absolute atomic E-state index is 0.610. The first-order chi connectivity index (χ1) is 27.2. The molecule has 5 heterocycles. The fourth-order valence-electron chi connectivity index (χ4n) is 6.94. The van der Waals surface area contributed by atoms with Crippen molar-refractivity contribution in [2.45, 2.75) is 0 Å². The predicted octanol–water partition coefficient (Wildman–Crippen LogP) is 12.1. The molecule has 258 valence electrons. The van der Waals surface area contributed by atoms with Crippen LogP contribution in [0.5, 0.6) is 0 Å². The van der Waals surface area contributed by atoms with Crippen LogP contribution in [-0.4, -0.2) is 29.9 Å². The molecule has 7 heteroatoms. The molecule has 0 aliphatic carbocycles. The Kier molecular flexibility index (Phi) is 8.24. The molecule has 5 aromatic carbocycles. The van der Waals surface area contributed by atoms with E-state index in [9.17, 15) is 0 Å². The van der Waals surface area contributed by atoms with Gasteiger partial charge in [0.1, 0.15) is 0 Å². The van der Waals surface area contributed by atoms with Gasteiger partial charge in [-0.15, -0.1) is 11.3 Å². The highest BCUT2D eigenvalue weighted by atomic mass is 32.1. The van der Waals surface area contributed by atoms with E-state index in [1.54, 1.807) is 23.7 Å². The van der Waals surface area contributed by atoms with Crippen molar-refractivity contribution in [1.29, 1.82) is 0 Å². The van der Waals surface area contributed by atoms with Crippen molar-refractivity contribution in [3.05, 3.63) is 183 Å². The Hall–Kier alpha value is -7.22. The number of aromatic nitrogens is 6. The highest BCUT2D eigenvalue weighted by Crippen LogP contribution is 2.41. The van der Waals surface area contributed by atoms with Crippen molar-refractivity contribution < 1.29 is 0 Å². The maximum absolute atomic E-state index is 5.37. The maximum Gasteiger partial charge on any atom is 0.160 e. The first kappa shape index (κ1) is 32.4. The predicted molar refractivity (Wildman–Crippen MR) is 224 cm³/mol. The average molecular weight is 723 g/mol. The second-order valence-corrected chi connectivity index (χ2v) is 14.3. The number of fused-ring (bicyclic) bond motifs is 3. The number of thiophene rings is 1. The molecule has 6 nitrogen and oxygen atoms in total. The van der Waals surface area contributed by atoms with Crippen molar-refractivity contribution in [2.75, 3.05) is 0 Å². The van der Waals surface area contributed by atoms with Crippen molar-refractivity contribution in [3.63, 3.8) is 0 Å². The summed E-state index contributed by atoms with van der Waals surface area (Å²) in [6.07, 6.45) is 7.16. The molecule has 0 amide bonds. The third-order valence-electron chi connectivity index (χ3n) is 9.68. The Labute approximate surface area is 321 Å². The summed E-state index contributed by atoms with van der Waals surface area (Å²) in [5, 5.41) is 1.12. The zero-order valence-electron chi connectivity index (χ0n) is 29.4. The van der Waals surface area contributed by atoms with E-state index in [1.165, 1.54) is 4.70 Å². The molecule has 55 heavy (non-hydrogen) atoms. The number of pyridine rings is 2. The van der Waals surface area contributed by atoms with Gasteiger partial charge in [0.05, 0.1) is 27.3 Å². The van der Waals surface area contributed by atoms with Gasteiger partial charge in [-0.05, 0) is 76.9 Å². The van der Waals surface area contributed by atoms with Gasteiger partial charge >= 0.3 is 0 Å². The lowest BCUT2D eigenvalue weighted by Crippen LogP contribution is -1.97. The molecule has 0 N–H and O–H groups in total. The third-order valence-corrected chi connectivity index (χ3v) is 10.8. The highest BCUT2D eigenvalue weighted by molar-refractivity contribution is 7.26. The summed E-state index contributed by atoms with van der Waals surface area (Å²) in [7, 11) is 0. The van der Waals surface area contributed by atoms with Crippen LogP contribution in [0.3, 0.4) is 0 Å². The second kappa shape index (κ2) is 14.0. The largest absolute Gasteiger partial charge is 0.264 e. The SMILES string of the molecule is c1ccc(-c2cc(-c3ccccc3)cc(-c3nc(-c4ccc(-c5nc(-c6cccnc6)cc(-c6cccnc6)n5)cc4)nc4c3sc3ccccc34)c2)cc1. The first-order valence-corrected chi connectivity index (χ1v) is 18.8. The standard InChI is InChI=1S/C48H30N6S/c1-3-11-31(12-4-1)37-25-38(32-13-5-2-6-14-32)27-39(26-37)44-46-45(40-17-7-8-18-43(40)55-46)54-48(53-44)34-21-19-33(20-22-34)47-51-41(35-15-9-23-49-29-35)28-42(52-47)36-16-10-24-50-30-36/h1-30H. The lowest BCUT2D eigenvalue weighted by molar-refractivity contribution is 1.17. The van der Waals surface area contributed by atoms with Crippen molar-refractivity contribution >= 4 is 31.6 Å². The highest BCUT2D eigenvalue weighted by Gasteiger charge is 2.19. The van der Waals surface area contributed by atoms with Gasteiger partial charge < -0.3 is 0 Å². The minimum Gasteiger partial charge on any atom is -0.264 e. The summed E-state index contributed by atoms with van der Waals surface area (Å²) in [5.41, 5.74) is 12.7. The van der Waals surface area contributed by atoms with Gasteiger partial charge in [0.25, 0.3) is 0 Å². The smallest absolute Gasteiger partial charge is 0.160 e. The maximum atomic E-state index is 5.37. The second-order valence-electron chi connectivity index (χ2n) is 13.2. The average Bonchev–Trinajstić information content (AvgIpc) is 3.66. The third kappa shape index (κ3) is 6.33. The molecule has 0 radical (unpaired) electrons. The zero-order valence-corrected chi connectivity index (χ0v) is 30.2. The Morgan fingerprint density at radius 1 is 0.364 bits per heavy atom. The molecular weight excluding hydrogens is 693 g/mol. The molecule has 0 aliphatic rings. The van der Waals surface area contributed by atoms with Gasteiger partial charge in [0.15, 0.2) is 11.6 Å². The summed E-state index contributed by atoms with van der Waals surface area (Å²) >= 11 is 1.74. The van der Waals surface area contributed by atoms with Crippen LogP contribution in [0.4, 0.5) is 0 Å². The van der Waals surface area contributed by atoms with Gasteiger partial charge in [0.2, 0.25) is 0 Å². The van der Waals surface area contributed by atoms with E-state index in [-0.39, 0.29) is 0 Å². The monoisotopic (exact) mass is 722 g/mol. The van der Waals surface area contributed by atoms with E-state index in [0.29, 0.717) is 11.6 Å². The topological polar surface area (TPSA) is 77.3 Å². The van der Waals surface area contributed by atoms with Crippen molar-refractivity contribution in [1.82, 2.24) is 29.9 Å². The van der Waals surface area contributed by atoms with E-state index >= 15 is 0 Å². The van der Waals surface area contributed by atoms with Gasteiger partial charge in [-0.1, -0.05) is 103 Å². The molecule has 10 aromatic rings. The molecule has 10 rings (SSSR count). The normalized spacial score (nSPS) is 11.3. The number of rotatable bonds is 7. The number of hydrogen-bond donors (Lipinski definition) is 0. The van der Waals surface area contributed by atoms with Crippen LogP contribution in [0.1, 0.15) is 0 Å². The molecule has 0 aliphatic heterocycles. The Morgan fingerprint density at radius 2 is 0.873 bits per heavy atom. The van der Waals surface area contributed by atoms with Crippen LogP contribution in [-0.2, 0) is 0 Å². The summed E-state index contributed by atoms with van der Waals surface area (Å²) in [4.78, 5) is 29.3. The van der Waals surface area contributed by atoms with E-state index in [0.717, 1.165) is 82.8 Å². The fourth-order valence-corrected chi connectivity index (χ4v) is 8.10. The minimum atomic E-state index is 0.610. The molecule has 0 spiro atoms. The molecule has 0 saturated heterocycles. The Balaban J connectivity index is 1.13. The van der Waals surface area contributed by atoms with E-state index in [2.05, 4.69) is 125 Å². The van der Waals surface area contributed by atoms with Crippen LogP contribution < -0.4 is 0 Å². The molecule has 0 fully saturated rings. The lowest BCUT2D eigenvalue weighted by Gasteiger charge is -2.13. The molecule has 0 unspecified atom stereocenters. The lowest BCUT2D eigenvalue weighted by atomic mass is 9.95. The van der Waals surface area contributed by atoms with Gasteiger partial charge in [-0.2, -0.15) is 0 Å². The van der Waals surface area contributed by atoms with E-state index < -0.39 is 0 Å². The molecule has 0 saturated carbocycles. The number of hydrogen-bond acceptors (Lipinski definition) is 7. The summed E-state index contributed by atoms with van der Waals surface area (Å²) in [5.74, 6) is 1.27. The van der Waals surface area contributed by atoms with Gasteiger partial charge in [0, 0.05) is 62.7 Å². The van der Waals surface area contributed by atoms with Gasteiger partial charge in [-0.3, -0.25) is 9.97 Å². The van der Waals surface area contributed by atoms with Crippen LogP contribution in [0.15, 0.2) is 183 Å². The summed E-state index contributed by atoms with van der Waals surface area (Å²) in [6, 6.07) is 54.4. The number of nitrogens with zero attached hydrogens (tertiary/aromatic N) is 6. The fraction of sp³-hybridized carbons (Fsp3) is 0. The summed E-state index contributed by atoms with van der Waals surface area (Å²) < 4.78 is 2.24. The van der Waals surface area contributed by atoms with Gasteiger partial charge in [-0.25, -0.2) is 19.9 Å². The van der Waals surface area contributed by atoms with Crippen LogP contribution in [0.2, 0.25) is 0 Å². The van der Waals surface area contributed by atoms with E-state index in [1.807, 2.05) is 54.9 Å².